The quantitative estimate of drug-likeness (QED) is 0.641. The molecule has 1 unspecified atom stereocenters. The first-order valence-corrected chi connectivity index (χ1v) is 9.99. The van der Waals surface area contributed by atoms with E-state index in [9.17, 15) is 14.0 Å². The molecule has 0 aromatic heterocycles. The lowest BCUT2D eigenvalue weighted by Gasteiger charge is -2.38. The van der Waals surface area contributed by atoms with Crippen molar-refractivity contribution in [3.05, 3.63) is 53.9 Å². The molecule has 0 saturated carbocycles. The maximum Gasteiger partial charge on any atom is 0.303 e. The second-order valence-corrected chi connectivity index (χ2v) is 7.32. The number of ketones is 1. The highest BCUT2D eigenvalue weighted by Crippen LogP contribution is 2.18. The van der Waals surface area contributed by atoms with E-state index in [1.54, 1.807) is 36.4 Å². The van der Waals surface area contributed by atoms with Gasteiger partial charge in [0.05, 0.1) is 6.42 Å². The highest BCUT2D eigenvalue weighted by molar-refractivity contribution is 5.97. The molecule has 1 aliphatic carbocycles. The number of allylic oxidation sites excluding steroid dienone is 2. The molecule has 0 spiro atoms. The predicted molar refractivity (Wildman–Crippen MR) is 108 cm³/mol. The fourth-order valence-electron chi connectivity index (χ4n) is 3.57. The third kappa shape index (κ3) is 6.51. The maximum atomic E-state index is 13.1. The number of nitrogens with zero attached hydrogens (tertiary/aromatic N) is 2. The second kappa shape index (κ2) is 10.3. The summed E-state index contributed by atoms with van der Waals surface area (Å²) in [5, 5.41) is 8.65. The van der Waals surface area contributed by atoms with Crippen LogP contribution in [0.25, 0.3) is 0 Å². The maximum absolute atomic E-state index is 13.1. The fourth-order valence-corrected chi connectivity index (χ4v) is 3.57. The van der Waals surface area contributed by atoms with Crippen LogP contribution >= 0.6 is 0 Å². The highest BCUT2D eigenvalue weighted by atomic mass is 19.1. The number of piperazine rings is 1. The Hall–Kier alpha value is -2.51. The number of Topliss-reactive ketones (excluding diaryl/α,β-unsaturated/α-hetero) is 1. The largest absolute Gasteiger partial charge is 0.492 e. The highest BCUT2D eigenvalue weighted by Gasteiger charge is 2.22. The number of ether oxygens (including phenoxy) is 1. The molecule has 1 fully saturated rings. The van der Waals surface area contributed by atoms with Gasteiger partial charge < -0.3 is 9.84 Å². The Kier molecular flexibility index (Phi) is 7.55. The van der Waals surface area contributed by atoms with Crippen LogP contribution in [0.4, 0.5) is 4.39 Å². The molecule has 156 valence electrons. The summed E-state index contributed by atoms with van der Waals surface area (Å²) in [7, 11) is 0. The lowest BCUT2D eigenvalue weighted by Crippen LogP contribution is -2.50. The predicted octanol–water partition coefficient (Wildman–Crippen LogP) is 2.91. The lowest BCUT2D eigenvalue weighted by atomic mass is 10.1. The van der Waals surface area contributed by atoms with Gasteiger partial charge in [0.15, 0.2) is 5.78 Å². The molecule has 1 heterocycles. The number of carbonyl (C=O) groups excluding carboxylic acids is 1. The van der Waals surface area contributed by atoms with Crippen molar-refractivity contribution in [3.8, 4) is 5.75 Å². The summed E-state index contributed by atoms with van der Waals surface area (Å²) < 4.78 is 18.9. The van der Waals surface area contributed by atoms with Gasteiger partial charge in [0, 0.05) is 50.7 Å². The van der Waals surface area contributed by atoms with Crippen LogP contribution in [0.2, 0.25) is 0 Å². The molecule has 1 saturated heterocycles. The number of carboxylic acid groups (broad SMARTS) is 1. The zero-order chi connectivity index (χ0) is 20.6. The van der Waals surface area contributed by atoms with E-state index in [2.05, 4.69) is 9.80 Å². The minimum absolute atomic E-state index is 0.00336. The number of carboxylic acids is 1. The molecule has 6 nitrogen and oxygen atoms in total. The molecule has 7 heteroatoms. The Morgan fingerprint density at radius 3 is 2.45 bits per heavy atom. The number of aliphatic carboxylic acids is 1. The Morgan fingerprint density at radius 2 is 1.83 bits per heavy atom. The van der Waals surface area contributed by atoms with Crippen molar-refractivity contribution in [2.45, 2.75) is 25.3 Å². The van der Waals surface area contributed by atoms with Gasteiger partial charge in [0.1, 0.15) is 18.2 Å². The van der Waals surface area contributed by atoms with Crippen LogP contribution in [-0.4, -0.2) is 72.0 Å². The Labute approximate surface area is 170 Å². The van der Waals surface area contributed by atoms with Gasteiger partial charge in [-0.2, -0.15) is 0 Å². The minimum atomic E-state index is -0.972. The molecular formula is C22H27FN2O4. The molecule has 0 radical (unpaired) electrons. The number of benzene rings is 1. The first-order valence-electron chi connectivity index (χ1n) is 9.99. The SMILES string of the molecule is O=C(O)CCC(=O)c1ccc(OCCN2CCN(C3C=CC(F)=CC3)CC2)cc1. The van der Waals surface area contributed by atoms with Crippen molar-refractivity contribution in [3.63, 3.8) is 0 Å². The van der Waals surface area contributed by atoms with Crippen LogP contribution < -0.4 is 4.74 Å². The molecule has 29 heavy (non-hydrogen) atoms. The second-order valence-electron chi connectivity index (χ2n) is 7.32. The van der Waals surface area contributed by atoms with Gasteiger partial charge >= 0.3 is 5.97 Å². The topological polar surface area (TPSA) is 70.1 Å². The molecule has 1 aromatic rings. The van der Waals surface area contributed by atoms with Gasteiger partial charge in [0.25, 0.3) is 0 Å². The average molecular weight is 402 g/mol. The van der Waals surface area contributed by atoms with Gasteiger partial charge in [0.2, 0.25) is 0 Å². The van der Waals surface area contributed by atoms with E-state index >= 15 is 0 Å². The third-order valence-electron chi connectivity index (χ3n) is 5.33. The molecule has 2 aliphatic rings. The summed E-state index contributed by atoms with van der Waals surface area (Å²) in [6.45, 7) is 5.20. The Morgan fingerprint density at radius 1 is 1.10 bits per heavy atom. The summed E-state index contributed by atoms with van der Waals surface area (Å²) in [5.74, 6) is -0.600. The van der Waals surface area contributed by atoms with Gasteiger partial charge in [-0.05, 0) is 42.8 Å². The number of carbonyl (C=O) groups is 2. The first-order chi connectivity index (χ1) is 14.0. The zero-order valence-corrected chi connectivity index (χ0v) is 16.4. The molecular weight excluding hydrogens is 375 g/mol. The normalized spacial score (nSPS) is 20.3. The van der Waals surface area contributed by atoms with E-state index in [4.69, 9.17) is 9.84 Å². The van der Waals surface area contributed by atoms with Crippen molar-refractivity contribution in [1.82, 2.24) is 9.80 Å². The summed E-state index contributed by atoms with van der Waals surface area (Å²) in [5.41, 5.74) is 0.501. The van der Waals surface area contributed by atoms with Crippen molar-refractivity contribution in [1.29, 1.82) is 0 Å². The fraction of sp³-hybridized carbons (Fsp3) is 0.455. The van der Waals surface area contributed by atoms with E-state index in [0.717, 1.165) is 39.1 Å². The Balaban J connectivity index is 1.35. The number of halogens is 1. The number of hydrogen-bond acceptors (Lipinski definition) is 5. The van der Waals surface area contributed by atoms with Crippen LogP contribution in [0, 0.1) is 0 Å². The standard InChI is InChI=1S/C22H27FN2O4/c23-18-3-5-19(6-4-18)25-13-11-24(12-14-25)15-16-29-20-7-1-17(2-8-20)21(26)9-10-22(27)28/h1-5,7-8,19H,6,9-16H2,(H,27,28). The van der Waals surface area contributed by atoms with Gasteiger partial charge in [-0.3, -0.25) is 19.4 Å². The number of rotatable bonds is 9. The van der Waals surface area contributed by atoms with Gasteiger partial charge in [-0.1, -0.05) is 6.08 Å². The molecule has 1 aromatic carbocycles. The molecule has 0 bridgehead atoms. The molecule has 3 rings (SSSR count). The van der Waals surface area contributed by atoms with E-state index in [-0.39, 0.29) is 24.5 Å². The van der Waals surface area contributed by atoms with Crippen molar-refractivity contribution in [2.75, 3.05) is 39.3 Å². The smallest absolute Gasteiger partial charge is 0.303 e. The van der Waals surface area contributed by atoms with E-state index in [0.29, 0.717) is 24.0 Å². The summed E-state index contributed by atoms with van der Waals surface area (Å²) in [4.78, 5) is 27.2. The minimum Gasteiger partial charge on any atom is -0.492 e. The van der Waals surface area contributed by atoms with Crippen molar-refractivity contribution < 1.29 is 23.8 Å². The van der Waals surface area contributed by atoms with Crippen LogP contribution in [0.1, 0.15) is 29.6 Å². The third-order valence-corrected chi connectivity index (χ3v) is 5.33. The molecule has 1 atom stereocenters. The molecule has 1 N–H and O–H groups in total. The zero-order valence-electron chi connectivity index (χ0n) is 16.4. The molecule has 1 aliphatic heterocycles. The summed E-state index contributed by atoms with van der Waals surface area (Å²) >= 11 is 0. The van der Waals surface area contributed by atoms with E-state index in [1.807, 2.05) is 6.08 Å². The summed E-state index contributed by atoms with van der Waals surface area (Å²) in [6.07, 6.45) is 5.73. The average Bonchev–Trinajstić information content (AvgIpc) is 2.73. The van der Waals surface area contributed by atoms with Gasteiger partial charge in [-0.15, -0.1) is 0 Å². The van der Waals surface area contributed by atoms with Crippen LogP contribution in [0.15, 0.2) is 48.3 Å². The summed E-state index contributed by atoms with van der Waals surface area (Å²) in [6, 6.07) is 7.13. The Bertz CT molecular complexity index is 768. The van der Waals surface area contributed by atoms with E-state index < -0.39 is 5.97 Å². The van der Waals surface area contributed by atoms with Crippen LogP contribution in [-0.2, 0) is 4.79 Å². The molecule has 0 amide bonds. The number of hydrogen-bond donors (Lipinski definition) is 1. The van der Waals surface area contributed by atoms with E-state index in [1.165, 1.54) is 0 Å². The first kappa shape index (κ1) is 21.2. The van der Waals surface area contributed by atoms with Crippen LogP contribution in [0.3, 0.4) is 0 Å². The van der Waals surface area contributed by atoms with Crippen molar-refractivity contribution in [2.24, 2.45) is 0 Å². The van der Waals surface area contributed by atoms with Crippen molar-refractivity contribution >= 4 is 11.8 Å². The lowest BCUT2D eigenvalue weighted by molar-refractivity contribution is -0.136. The monoisotopic (exact) mass is 402 g/mol. The van der Waals surface area contributed by atoms with Gasteiger partial charge in [-0.25, -0.2) is 4.39 Å². The van der Waals surface area contributed by atoms with Crippen LogP contribution in [0.5, 0.6) is 5.75 Å².